The van der Waals surface area contributed by atoms with Crippen LogP contribution in [0.4, 0.5) is 16.2 Å². The van der Waals surface area contributed by atoms with Crippen LogP contribution in [0.3, 0.4) is 0 Å². The van der Waals surface area contributed by atoms with Gasteiger partial charge in [-0.05, 0) is 38.1 Å². The van der Waals surface area contributed by atoms with Gasteiger partial charge in [0.2, 0.25) is 0 Å². The molecule has 0 radical (unpaired) electrons. The molecule has 1 aromatic heterocycles. The third-order valence-electron chi connectivity index (χ3n) is 4.86. The molecule has 0 saturated heterocycles. The van der Waals surface area contributed by atoms with Crippen LogP contribution in [0.5, 0.6) is 11.5 Å². The molecule has 1 aliphatic rings. The molecule has 1 aromatic carbocycles. The number of benzene rings is 1. The van der Waals surface area contributed by atoms with Crippen molar-refractivity contribution >= 4 is 34.6 Å². The van der Waals surface area contributed by atoms with E-state index >= 15 is 0 Å². The number of nitrogens with one attached hydrogen (secondary N) is 3. The lowest BCUT2D eigenvalue weighted by Gasteiger charge is -2.23. The first kappa shape index (κ1) is 22.0. The summed E-state index contributed by atoms with van der Waals surface area (Å²) in [7, 11) is 0. The maximum absolute atomic E-state index is 12.5. The standard InChI is InChI=1S/C22H29N3O4S/c1-3-28-18-14-17(25-22(27)23-15-9-6-5-7-10-15)19(29-4-2)13-16(18)24-21(26)20-11-8-12-30-20/h8,11-15H,3-7,9-10H2,1-2H3,(H,24,26)(H2,23,25,27). The zero-order valence-electron chi connectivity index (χ0n) is 17.5. The van der Waals surface area contributed by atoms with Crippen LogP contribution in [0.25, 0.3) is 0 Å². The highest BCUT2D eigenvalue weighted by Crippen LogP contribution is 2.37. The molecule has 1 saturated carbocycles. The molecular formula is C22H29N3O4S. The summed E-state index contributed by atoms with van der Waals surface area (Å²) in [6, 6.07) is 6.91. The fourth-order valence-corrected chi connectivity index (χ4v) is 4.11. The third kappa shape index (κ3) is 5.89. The molecule has 30 heavy (non-hydrogen) atoms. The summed E-state index contributed by atoms with van der Waals surface area (Å²) >= 11 is 1.36. The number of anilines is 2. The largest absolute Gasteiger partial charge is 0.492 e. The molecule has 3 N–H and O–H groups in total. The monoisotopic (exact) mass is 431 g/mol. The number of urea groups is 1. The van der Waals surface area contributed by atoms with E-state index in [1.165, 1.54) is 17.8 Å². The molecule has 0 aliphatic heterocycles. The minimum atomic E-state index is -0.263. The lowest BCUT2D eigenvalue weighted by molar-refractivity contribution is 0.103. The number of thiophene rings is 1. The number of amides is 3. The summed E-state index contributed by atoms with van der Waals surface area (Å²) in [5.41, 5.74) is 1.000. The van der Waals surface area contributed by atoms with Gasteiger partial charge in [0.15, 0.2) is 0 Å². The van der Waals surface area contributed by atoms with E-state index < -0.39 is 0 Å². The van der Waals surface area contributed by atoms with Gasteiger partial charge in [-0.15, -0.1) is 11.3 Å². The molecule has 162 valence electrons. The Kier molecular flexibility index (Phi) is 7.96. The Morgan fingerprint density at radius 2 is 1.63 bits per heavy atom. The van der Waals surface area contributed by atoms with Crippen molar-refractivity contribution < 1.29 is 19.1 Å². The van der Waals surface area contributed by atoms with Crippen LogP contribution < -0.4 is 25.4 Å². The highest BCUT2D eigenvalue weighted by molar-refractivity contribution is 7.12. The predicted octanol–water partition coefficient (Wildman–Crippen LogP) is 5.25. The Hall–Kier alpha value is -2.74. The van der Waals surface area contributed by atoms with Gasteiger partial charge in [-0.2, -0.15) is 0 Å². The number of carbonyl (C=O) groups is 2. The van der Waals surface area contributed by atoms with Gasteiger partial charge in [-0.25, -0.2) is 4.79 Å². The number of hydrogen-bond acceptors (Lipinski definition) is 5. The molecule has 0 unspecified atom stereocenters. The topological polar surface area (TPSA) is 88.7 Å². The first-order valence-electron chi connectivity index (χ1n) is 10.5. The Morgan fingerprint density at radius 3 is 2.20 bits per heavy atom. The van der Waals surface area contributed by atoms with Crippen molar-refractivity contribution in [3.63, 3.8) is 0 Å². The molecule has 1 heterocycles. The molecule has 7 nitrogen and oxygen atoms in total. The molecule has 0 atom stereocenters. The fourth-order valence-electron chi connectivity index (χ4n) is 3.49. The number of hydrogen-bond donors (Lipinski definition) is 3. The maximum Gasteiger partial charge on any atom is 0.319 e. The Bertz CT molecular complexity index is 848. The molecular weight excluding hydrogens is 402 g/mol. The van der Waals surface area contributed by atoms with Gasteiger partial charge in [0.05, 0.1) is 29.5 Å². The van der Waals surface area contributed by atoms with Crippen LogP contribution in [0, 0.1) is 0 Å². The van der Waals surface area contributed by atoms with E-state index in [0.717, 1.165) is 25.7 Å². The van der Waals surface area contributed by atoms with E-state index in [2.05, 4.69) is 16.0 Å². The van der Waals surface area contributed by atoms with E-state index in [1.807, 2.05) is 25.3 Å². The van der Waals surface area contributed by atoms with Crippen LogP contribution in [0.2, 0.25) is 0 Å². The van der Waals surface area contributed by atoms with Gasteiger partial charge < -0.3 is 25.4 Å². The molecule has 3 amide bonds. The Balaban J connectivity index is 1.80. The summed E-state index contributed by atoms with van der Waals surface area (Å²) in [5.74, 6) is 0.726. The molecule has 8 heteroatoms. The fraction of sp³-hybridized carbons (Fsp3) is 0.455. The Labute approximate surface area is 181 Å². The normalized spacial score (nSPS) is 14.1. The predicted molar refractivity (Wildman–Crippen MR) is 120 cm³/mol. The first-order chi connectivity index (χ1) is 14.6. The number of ether oxygens (including phenoxy) is 2. The third-order valence-corrected chi connectivity index (χ3v) is 5.73. The van der Waals surface area contributed by atoms with E-state index in [9.17, 15) is 9.59 Å². The van der Waals surface area contributed by atoms with Crippen LogP contribution in [0.15, 0.2) is 29.6 Å². The molecule has 1 aliphatic carbocycles. The zero-order chi connectivity index (χ0) is 21.3. The number of carbonyl (C=O) groups excluding carboxylic acids is 2. The van der Waals surface area contributed by atoms with E-state index in [4.69, 9.17) is 9.47 Å². The first-order valence-corrected chi connectivity index (χ1v) is 11.3. The summed E-state index contributed by atoms with van der Waals surface area (Å²) in [6.07, 6.45) is 5.52. The van der Waals surface area contributed by atoms with Gasteiger partial charge in [-0.3, -0.25) is 4.79 Å². The number of rotatable bonds is 8. The molecule has 1 fully saturated rings. The summed E-state index contributed by atoms with van der Waals surface area (Å²) in [5, 5.41) is 10.7. The van der Waals surface area contributed by atoms with Crippen LogP contribution in [-0.2, 0) is 0 Å². The van der Waals surface area contributed by atoms with Crippen molar-refractivity contribution in [3.05, 3.63) is 34.5 Å². The van der Waals surface area contributed by atoms with Gasteiger partial charge in [0.1, 0.15) is 11.5 Å². The quantitative estimate of drug-likeness (QED) is 0.532. The average Bonchev–Trinajstić information content (AvgIpc) is 3.27. The van der Waals surface area contributed by atoms with Gasteiger partial charge in [-0.1, -0.05) is 25.3 Å². The lowest BCUT2D eigenvalue weighted by atomic mass is 9.96. The van der Waals surface area contributed by atoms with Gasteiger partial charge in [0.25, 0.3) is 5.91 Å². The van der Waals surface area contributed by atoms with E-state index in [1.54, 1.807) is 18.2 Å². The van der Waals surface area contributed by atoms with Crippen molar-refractivity contribution in [1.29, 1.82) is 0 Å². The van der Waals surface area contributed by atoms with Crippen molar-refractivity contribution in [2.45, 2.75) is 52.0 Å². The average molecular weight is 432 g/mol. The molecule has 0 spiro atoms. The maximum atomic E-state index is 12.5. The minimum absolute atomic E-state index is 0.199. The van der Waals surface area contributed by atoms with Gasteiger partial charge in [0, 0.05) is 18.2 Å². The lowest BCUT2D eigenvalue weighted by Crippen LogP contribution is -2.39. The van der Waals surface area contributed by atoms with E-state index in [0.29, 0.717) is 41.0 Å². The summed E-state index contributed by atoms with van der Waals surface area (Å²) in [6.45, 7) is 4.57. The second-order valence-corrected chi connectivity index (χ2v) is 8.02. The van der Waals surface area contributed by atoms with Gasteiger partial charge >= 0.3 is 6.03 Å². The highest BCUT2D eigenvalue weighted by atomic mass is 32.1. The van der Waals surface area contributed by atoms with Crippen molar-refractivity contribution in [3.8, 4) is 11.5 Å². The Morgan fingerprint density at radius 1 is 1.00 bits per heavy atom. The van der Waals surface area contributed by atoms with Crippen molar-refractivity contribution in [2.24, 2.45) is 0 Å². The van der Waals surface area contributed by atoms with E-state index in [-0.39, 0.29) is 18.0 Å². The van der Waals surface area contributed by atoms with Crippen LogP contribution in [0.1, 0.15) is 55.6 Å². The van der Waals surface area contributed by atoms with Crippen LogP contribution in [-0.4, -0.2) is 31.2 Å². The molecule has 2 aromatic rings. The minimum Gasteiger partial charge on any atom is -0.492 e. The SMILES string of the molecule is CCOc1cc(NC(=O)c2cccs2)c(OCC)cc1NC(=O)NC1CCCCC1. The smallest absolute Gasteiger partial charge is 0.319 e. The summed E-state index contributed by atoms with van der Waals surface area (Å²) in [4.78, 5) is 25.6. The second kappa shape index (κ2) is 10.9. The zero-order valence-corrected chi connectivity index (χ0v) is 18.3. The van der Waals surface area contributed by atoms with Crippen LogP contribution >= 0.6 is 11.3 Å². The summed E-state index contributed by atoms with van der Waals surface area (Å²) < 4.78 is 11.4. The van der Waals surface area contributed by atoms with Crippen molar-refractivity contribution in [2.75, 3.05) is 23.8 Å². The van der Waals surface area contributed by atoms with Crippen molar-refractivity contribution in [1.82, 2.24) is 5.32 Å². The second-order valence-electron chi connectivity index (χ2n) is 7.08. The highest BCUT2D eigenvalue weighted by Gasteiger charge is 2.19. The molecule has 0 bridgehead atoms. The molecule has 3 rings (SSSR count).